The average Bonchev–Trinajstić information content (AvgIpc) is 1.81. The lowest BCUT2D eigenvalue weighted by molar-refractivity contribution is 0.162. The summed E-state index contributed by atoms with van der Waals surface area (Å²) in [6.45, 7) is 4.21. The fraction of sp³-hybridized carbons (Fsp3) is 0.333. The Morgan fingerprint density at radius 1 is 1.62 bits per heavy atom. The van der Waals surface area contributed by atoms with Crippen LogP contribution in [-0.2, 0) is 9.47 Å². The van der Waals surface area contributed by atoms with Crippen LogP contribution < -0.4 is 0 Å². The van der Waals surface area contributed by atoms with Crippen molar-refractivity contribution in [3.8, 4) is 12.5 Å². The van der Waals surface area contributed by atoms with Crippen molar-refractivity contribution in [1.82, 2.24) is 0 Å². The third-order valence-corrected chi connectivity index (χ3v) is 0.504. The first kappa shape index (κ1) is 6.90. The molecule has 44 valence electrons. The summed E-state index contributed by atoms with van der Waals surface area (Å²) in [4.78, 5) is 0. The predicted molar refractivity (Wildman–Crippen MR) is 30.9 cm³/mol. The summed E-state index contributed by atoms with van der Waals surface area (Å²) < 4.78 is 9.17. The fourth-order valence-corrected chi connectivity index (χ4v) is 0.232. The second-order valence-electron chi connectivity index (χ2n) is 1.00. The summed E-state index contributed by atoms with van der Waals surface area (Å²) in [5.41, 5.74) is 0. The molecule has 0 saturated carbocycles. The minimum atomic E-state index is 0.419. The Bertz CT molecular complexity index is 91.2. The average molecular weight is 112 g/mol. The van der Waals surface area contributed by atoms with Crippen LogP contribution in [0.1, 0.15) is 0 Å². The van der Waals surface area contributed by atoms with Crippen molar-refractivity contribution in [2.45, 2.75) is 0 Å². The van der Waals surface area contributed by atoms with Crippen LogP contribution in [0.4, 0.5) is 0 Å². The Hall–Kier alpha value is -1.10. The highest BCUT2D eigenvalue weighted by Crippen LogP contribution is 1.74. The molecule has 0 radical (unpaired) electrons. The number of hydrogen-bond acceptors (Lipinski definition) is 2. The summed E-state index contributed by atoms with van der Waals surface area (Å²) in [6, 6.07) is 0. The van der Waals surface area contributed by atoms with Crippen molar-refractivity contribution in [3.05, 3.63) is 12.8 Å². The Morgan fingerprint density at radius 2 is 2.38 bits per heavy atom. The molecular weight excluding hydrogens is 104 g/mol. The molecule has 0 spiro atoms. The van der Waals surface area contributed by atoms with Crippen LogP contribution in [0.3, 0.4) is 0 Å². The van der Waals surface area contributed by atoms with Crippen molar-refractivity contribution < 1.29 is 9.47 Å². The van der Waals surface area contributed by atoms with Gasteiger partial charge in [-0.1, -0.05) is 13.0 Å². The zero-order valence-electron chi connectivity index (χ0n) is 4.59. The smallest absolute Gasteiger partial charge is 0.134 e. The van der Waals surface area contributed by atoms with E-state index in [2.05, 4.69) is 16.1 Å². The van der Waals surface area contributed by atoms with Gasteiger partial charge >= 0.3 is 0 Å². The van der Waals surface area contributed by atoms with Crippen molar-refractivity contribution in [1.29, 1.82) is 0 Å². The van der Waals surface area contributed by atoms with Crippen molar-refractivity contribution in [3.63, 3.8) is 0 Å². The SMILES string of the molecule is C#COCCOC=C. The van der Waals surface area contributed by atoms with Crippen LogP contribution in [0.5, 0.6) is 0 Å². The van der Waals surface area contributed by atoms with Gasteiger partial charge in [0.05, 0.1) is 6.26 Å². The first-order chi connectivity index (χ1) is 3.91. The van der Waals surface area contributed by atoms with E-state index in [9.17, 15) is 0 Å². The molecule has 0 fully saturated rings. The van der Waals surface area contributed by atoms with Gasteiger partial charge in [-0.25, -0.2) is 0 Å². The third-order valence-electron chi connectivity index (χ3n) is 0.504. The Labute approximate surface area is 49.1 Å². The van der Waals surface area contributed by atoms with E-state index in [1.165, 1.54) is 6.26 Å². The Kier molecular flexibility index (Phi) is 5.09. The molecule has 8 heavy (non-hydrogen) atoms. The van der Waals surface area contributed by atoms with Crippen LogP contribution in [0.25, 0.3) is 0 Å². The zero-order valence-corrected chi connectivity index (χ0v) is 4.59. The molecule has 0 aliphatic heterocycles. The van der Waals surface area contributed by atoms with Crippen LogP contribution in [0.15, 0.2) is 12.8 Å². The van der Waals surface area contributed by atoms with Gasteiger partial charge in [0.2, 0.25) is 0 Å². The molecule has 0 heterocycles. The molecule has 0 aliphatic carbocycles. The lowest BCUT2D eigenvalue weighted by Crippen LogP contribution is -1.95. The van der Waals surface area contributed by atoms with Crippen molar-refractivity contribution in [2.75, 3.05) is 13.2 Å². The van der Waals surface area contributed by atoms with Crippen LogP contribution in [0.2, 0.25) is 0 Å². The van der Waals surface area contributed by atoms with Crippen molar-refractivity contribution >= 4 is 0 Å². The van der Waals surface area contributed by atoms with Crippen LogP contribution >= 0.6 is 0 Å². The van der Waals surface area contributed by atoms with E-state index >= 15 is 0 Å². The first-order valence-electron chi connectivity index (χ1n) is 2.21. The van der Waals surface area contributed by atoms with Crippen LogP contribution in [-0.4, -0.2) is 13.2 Å². The lowest BCUT2D eigenvalue weighted by Gasteiger charge is -1.95. The molecule has 0 atom stereocenters. The molecule has 0 saturated heterocycles. The van der Waals surface area contributed by atoms with Gasteiger partial charge in [-0.2, -0.15) is 0 Å². The van der Waals surface area contributed by atoms with Gasteiger partial charge in [0, 0.05) is 0 Å². The zero-order chi connectivity index (χ0) is 6.24. The monoisotopic (exact) mass is 112 g/mol. The Morgan fingerprint density at radius 3 is 2.88 bits per heavy atom. The van der Waals surface area contributed by atoms with E-state index in [-0.39, 0.29) is 0 Å². The summed E-state index contributed by atoms with van der Waals surface area (Å²) in [7, 11) is 0. The molecule has 0 aromatic carbocycles. The normalized spacial score (nSPS) is 6.88. The van der Waals surface area contributed by atoms with E-state index in [0.717, 1.165) is 0 Å². The van der Waals surface area contributed by atoms with E-state index < -0.39 is 0 Å². The van der Waals surface area contributed by atoms with Gasteiger partial charge in [-0.15, -0.1) is 0 Å². The largest absolute Gasteiger partial charge is 0.498 e. The van der Waals surface area contributed by atoms with Gasteiger partial charge in [0.1, 0.15) is 19.3 Å². The third kappa shape index (κ3) is 4.90. The number of terminal acetylenes is 1. The molecular formula is C6H8O2. The van der Waals surface area contributed by atoms with Gasteiger partial charge in [-0.05, 0) is 0 Å². The highest BCUT2D eigenvalue weighted by molar-refractivity contribution is 4.67. The van der Waals surface area contributed by atoms with Crippen LogP contribution in [0, 0.1) is 12.5 Å². The number of ether oxygens (including phenoxy) is 2. The molecule has 0 amide bonds. The molecule has 0 unspecified atom stereocenters. The maximum atomic E-state index is 4.76. The molecule has 0 aliphatic rings. The standard InChI is InChI=1S/C6H8O2/c1-3-7-5-6-8-4-2/h1,4H,2,5-6H2. The van der Waals surface area contributed by atoms with Gasteiger partial charge in [0.15, 0.2) is 0 Å². The molecule has 0 aromatic rings. The summed E-state index contributed by atoms with van der Waals surface area (Å²) in [6.07, 6.45) is 8.12. The van der Waals surface area contributed by atoms with Gasteiger partial charge in [-0.3, -0.25) is 0 Å². The first-order valence-corrected chi connectivity index (χ1v) is 2.21. The minimum Gasteiger partial charge on any atom is -0.498 e. The maximum Gasteiger partial charge on any atom is 0.134 e. The molecule has 2 nitrogen and oxygen atoms in total. The number of hydrogen-bond donors (Lipinski definition) is 0. The number of rotatable bonds is 4. The van der Waals surface area contributed by atoms with E-state index in [1.807, 2.05) is 6.11 Å². The highest BCUT2D eigenvalue weighted by atomic mass is 16.5. The fourth-order valence-electron chi connectivity index (χ4n) is 0.232. The molecule has 0 rings (SSSR count). The topological polar surface area (TPSA) is 18.5 Å². The summed E-state index contributed by atoms with van der Waals surface area (Å²) >= 11 is 0. The molecule has 0 N–H and O–H groups in total. The quantitative estimate of drug-likeness (QED) is 0.303. The van der Waals surface area contributed by atoms with E-state index in [0.29, 0.717) is 13.2 Å². The summed E-state index contributed by atoms with van der Waals surface area (Å²) in [5.74, 6) is 0. The maximum absolute atomic E-state index is 4.76. The Balaban J connectivity index is 2.74. The van der Waals surface area contributed by atoms with Gasteiger partial charge < -0.3 is 9.47 Å². The van der Waals surface area contributed by atoms with Gasteiger partial charge in [0.25, 0.3) is 0 Å². The second kappa shape index (κ2) is 5.90. The summed E-state index contributed by atoms with van der Waals surface area (Å²) in [5, 5.41) is 0. The lowest BCUT2D eigenvalue weighted by atomic mass is 10.8. The minimum absolute atomic E-state index is 0.419. The van der Waals surface area contributed by atoms with E-state index in [4.69, 9.17) is 6.42 Å². The molecule has 0 bridgehead atoms. The predicted octanol–water partition coefficient (Wildman–Crippen LogP) is 0.754. The second-order valence-corrected chi connectivity index (χ2v) is 1.00. The highest BCUT2D eigenvalue weighted by Gasteiger charge is 1.77. The molecule has 0 aromatic heterocycles. The molecule has 2 heteroatoms. The van der Waals surface area contributed by atoms with E-state index in [1.54, 1.807) is 0 Å². The van der Waals surface area contributed by atoms with Crippen molar-refractivity contribution in [2.24, 2.45) is 0 Å².